The molecule has 0 aromatic heterocycles. The monoisotopic (exact) mass is 453 g/mol. The van der Waals surface area contributed by atoms with Crippen LogP contribution >= 0.6 is 11.6 Å². The Bertz CT molecular complexity index is 1010. The first-order valence-electron chi connectivity index (χ1n) is 10.4. The van der Waals surface area contributed by atoms with Gasteiger partial charge in [0.1, 0.15) is 6.61 Å². The summed E-state index contributed by atoms with van der Waals surface area (Å²) < 4.78 is 11.7. The second-order valence-electron chi connectivity index (χ2n) is 7.02. The number of anilines is 1. The van der Waals surface area contributed by atoms with Crippen LogP contribution in [0.3, 0.4) is 0 Å². The van der Waals surface area contributed by atoms with Crippen molar-refractivity contribution in [3.8, 4) is 11.5 Å². The normalized spacial score (nSPS) is 10.6. The van der Waals surface area contributed by atoms with E-state index >= 15 is 0 Å². The summed E-state index contributed by atoms with van der Waals surface area (Å²) in [6.07, 6.45) is 0. The number of hydrogen-bond donors (Lipinski definition) is 2. The van der Waals surface area contributed by atoms with Gasteiger partial charge in [-0.3, -0.25) is 10.1 Å². The molecule has 0 saturated heterocycles. The van der Waals surface area contributed by atoms with Gasteiger partial charge < -0.3 is 20.1 Å². The van der Waals surface area contributed by atoms with Crippen molar-refractivity contribution in [1.82, 2.24) is 5.32 Å². The Kier molecular flexibility index (Phi) is 8.71. The molecule has 0 aliphatic rings. The molecule has 7 nitrogen and oxygen atoms in total. The van der Waals surface area contributed by atoms with Crippen molar-refractivity contribution in [2.24, 2.45) is 0 Å². The third-order valence-corrected chi connectivity index (χ3v) is 4.91. The predicted molar refractivity (Wildman–Crippen MR) is 127 cm³/mol. The zero-order valence-electron chi connectivity index (χ0n) is 17.8. The zero-order valence-corrected chi connectivity index (χ0v) is 18.6. The van der Waals surface area contributed by atoms with Crippen molar-refractivity contribution in [2.45, 2.75) is 20.1 Å². The Morgan fingerprint density at radius 2 is 1.78 bits per heavy atom. The summed E-state index contributed by atoms with van der Waals surface area (Å²) in [6.45, 7) is 4.82. The molecule has 168 valence electrons. The number of nitrogens with one attached hydrogen (secondary N) is 2. The minimum absolute atomic E-state index is 0.0758. The number of halogens is 1. The molecule has 0 radical (unpaired) electrons. The Morgan fingerprint density at radius 3 is 2.47 bits per heavy atom. The van der Waals surface area contributed by atoms with E-state index in [1.54, 1.807) is 12.1 Å². The van der Waals surface area contributed by atoms with E-state index in [4.69, 9.17) is 21.1 Å². The number of rotatable bonds is 12. The molecular weight excluding hydrogens is 428 g/mol. The summed E-state index contributed by atoms with van der Waals surface area (Å²) >= 11 is 6.50. The largest absolute Gasteiger partial charge is 0.490 e. The highest BCUT2D eigenvalue weighted by Gasteiger charge is 2.13. The molecule has 8 heteroatoms. The van der Waals surface area contributed by atoms with Crippen molar-refractivity contribution < 1.29 is 14.4 Å². The van der Waals surface area contributed by atoms with Gasteiger partial charge in [0.2, 0.25) is 0 Å². The van der Waals surface area contributed by atoms with E-state index in [1.807, 2.05) is 49.4 Å². The number of nitrogens with zero attached hydrogens (tertiary/aromatic N) is 1. The summed E-state index contributed by atoms with van der Waals surface area (Å²) in [6, 6.07) is 20.1. The molecule has 0 aliphatic heterocycles. The molecule has 3 rings (SSSR count). The lowest BCUT2D eigenvalue weighted by Gasteiger charge is -2.16. The van der Waals surface area contributed by atoms with E-state index < -0.39 is 4.92 Å². The minimum Gasteiger partial charge on any atom is -0.490 e. The molecular formula is C24H26ClN3O4. The predicted octanol–water partition coefficient (Wildman–Crippen LogP) is 5.43. The van der Waals surface area contributed by atoms with E-state index in [2.05, 4.69) is 10.6 Å². The van der Waals surface area contributed by atoms with Gasteiger partial charge in [-0.15, -0.1) is 0 Å². The third-order valence-electron chi connectivity index (χ3n) is 4.63. The standard InChI is InChI=1S/C24H26ClN3O4/c1-2-31-23-15-19(14-22(25)24(23)32-17-18-6-4-3-5-7-18)16-26-12-13-27-20-8-10-21(11-9-20)28(29)30/h3-11,14-15,26-27H,2,12-13,16-17H2,1H3/i20-2. The number of nitro groups is 1. The number of benzene rings is 3. The smallest absolute Gasteiger partial charge is 0.269 e. The van der Waals surface area contributed by atoms with Gasteiger partial charge in [-0.05, 0) is 42.3 Å². The molecule has 32 heavy (non-hydrogen) atoms. The fraction of sp³-hybridized carbons (Fsp3) is 0.250. The van der Waals surface area contributed by atoms with Gasteiger partial charge >= 0.3 is 0 Å². The van der Waals surface area contributed by atoms with Crippen LogP contribution in [0.5, 0.6) is 11.5 Å². The Morgan fingerprint density at radius 1 is 1.03 bits per heavy atom. The topological polar surface area (TPSA) is 85.7 Å². The fourth-order valence-corrected chi connectivity index (χ4v) is 3.37. The third kappa shape index (κ3) is 6.87. The second-order valence-corrected chi connectivity index (χ2v) is 7.43. The van der Waals surface area contributed by atoms with Crippen molar-refractivity contribution in [2.75, 3.05) is 25.0 Å². The van der Waals surface area contributed by atoms with Crippen LogP contribution in [0.2, 0.25) is 5.02 Å². The summed E-state index contributed by atoms with van der Waals surface area (Å²) in [7, 11) is 0. The minimum atomic E-state index is -0.412. The summed E-state index contributed by atoms with van der Waals surface area (Å²) in [5.74, 6) is 1.16. The number of hydrogen-bond acceptors (Lipinski definition) is 6. The van der Waals surface area contributed by atoms with Crippen LogP contribution in [0, 0.1) is 10.1 Å². The first kappa shape index (κ1) is 23.4. The van der Waals surface area contributed by atoms with E-state index in [0.717, 1.165) is 16.8 Å². The van der Waals surface area contributed by atoms with E-state index in [-0.39, 0.29) is 5.69 Å². The molecule has 3 aromatic carbocycles. The van der Waals surface area contributed by atoms with Crippen LogP contribution in [0.4, 0.5) is 11.4 Å². The summed E-state index contributed by atoms with van der Waals surface area (Å²) in [5, 5.41) is 17.8. The Labute approximate surface area is 192 Å². The maximum Gasteiger partial charge on any atom is 0.269 e. The molecule has 0 fully saturated rings. The lowest BCUT2D eigenvalue weighted by Crippen LogP contribution is -2.21. The van der Waals surface area contributed by atoms with Crippen molar-refractivity contribution in [3.63, 3.8) is 0 Å². The number of ether oxygens (including phenoxy) is 2. The van der Waals surface area contributed by atoms with Gasteiger partial charge in [-0.1, -0.05) is 41.9 Å². The second kappa shape index (κ2) is 11.9. The SMILES string of the molecule is CCOc1cc(CNCCN[10c]2ccc([N+](=O)[O-])cc2)cc(Cl)c1OCc1ccccc1. The molecule has 3 aromatic rings. The van der Waals surface area contributed by atoms with Crippen LogP contribution < -0.4 is 20.1 Å². The summed E-state index contributed by atoms with van der Waals surface area (Å²) in [4.78, 5) is 10.3. The first-order chi connectivity index (χ1) is 15.6. The quantitative estimate of drug-likeness (QED) is 0.216. The highest BCUT2D eigenvalue weighted by Crippen LogP contribution is 2.37. The van der Waals surface area contributed by atoms with E-state index in [1.165, 1.54) is 12.1 Å². The van der Waals surface area contributed by atoms with Gasteiger partial charge in [-0.2, -0.15) is 0 Å². The molecule has 0 atom stereocenters. The van der Waals surface area contributed by atoms with Gasteiger partial charge in [0.05, 0.1) is 16.6 Å². The molecule has 0 heterocycles. The number of non-ortho nitro benzene ring substituents is 1. The molecule has 0 unspecified atom stereocenters. The highest BCUT2D eigenvalue weighted by atomic mass is 35.5. The molecule has 0 spiro atoms. The van der Waals surface area contributed by atoms with Gasteiger partial charge in [0.15, 0.2) is 11.5 Å². The van der Waals surface area contributed by atoms with E-state index in [0.29, 0.717) is 49.4 Å². The lowest BCUT2D eigenvalue weighted by molar-refractivity contribution is -0.384. The van der Waals surface area contributed by atoms with Gasteiger partial charge in [0.25, 0.3) is 5.69 Å². The summed E-state index contributed by atoms with van der Waals surface area (Å²) in [5.41, 5.74) is 2.95. The maximum absolute atomic E-state index is 10.7. The van der Waals surface area contributed by atoms with Crippen LogP contribution in [0.1, 0.15) is 18.1 Å². The maximum atomic E-state index is 10.7. The average Bonchev–Trinajstić information content (AvgIpc) is 2.79. The van der Waals surface area contributed by atoms with E-state index in [9.17, 15) is 10.1 Å². The van der Waals surface area contributed by atoms with Crippen LogP contribution in [0.25, 0.3) is 0 Å². The molecule has 0 aliphatic carbocycles. The van der Waals surface area contributed by atoms with Crippen LogP contribution in [-0.4, -0.2) is 24.6 Å². The first-order valence-corrected chi connectivity index (χ1v) is 10.8. The zero-order chi connectivity index (χ0) is 22.8. The molecule has 2 N–H and O–H groups in total. The fourth-order valence-electron chi connectivity index (χ4n) is 3.09. The highest BCUT2D eigenvalue weighted by molar-refractivity contribution is 6.32. The Balaban J connectivity index is 1.51. The Hall–Kier alpha value is -3.29. The molecule has 0 bridgehead atoms. The number of nitro benzene ring substituents is 1. The lowest BCUT2D eigenvalue weighted by atomic mass is 9.25. The van der Waals surface area contributed by atoms with Gasteiger partial charge in [0, 0.05) is 37.5 Å². The molecule has 0 amide bonds. The van der Waals surface area contributed by atoms with Crippen LogP contribution in [0.15, 0.2) is 66.7 Å². The van der Waals surface area contributed by atoms with Crippen molar-refractivity contribution >= 4 is 23.0 Å². The van der Waals surface area contributed by atoms with Crippen molar-refractivity contribution in [3.05, 3.63) is 93.0 Å². The molecule has 0 saturated carbocycles. The van der Waals surface area contributed by atoms with Gasteiger partial charge in [-0.25, -0.2) is 0 Å². The van der Waals surface area contributed by atoms with Crippen molar-refractivity contribution in [1.29, 1.82) is 0 Å². The van der Waals surface area contributed by atoms with Crippen LogP contribution in [-0.2, 0) is 13.2 Å². The average molecular weight is 454 g/mol.